The number of pyridine rings is 1. The van der Waals surface area contributed by atoms with Gasteiger partial charge in [0.15, 0.2) is 0 Å². The average Bonchev–Trinajstić information content (AvgIpc) is 2.89. The number of hydrogen-bond donors (Lipinski definition) is 0. The first-order valence-corrected chi connectivity index (χ1v) is 9.58. The van der Waals surface area contributed by atoms with Gasteiger partial charge in [-0.1, -0.05) is 6.08 Å². The maximum atomic E-state index is 13.2. The molecule has 1 aliphatic carbocycles. The van der Waals surface area contributed by atoms with Gasteiger partial charge in [-0.2, -0.15) is 0 Å². The van der Waals surface area contributed by atoms with Gasteiger partial charge in [-0.05, 0) is 31.2 Å². The quantitative estimate of drug-likeness (QED) is 0.689. The van der Waals surface area contributed by atoms with Gasteiger partial charge in [0.2, 0.25) is 0 Å². The molecule has 0 fully saturated rings. The smallest absolute Gasteiger partial charge is 0.275 e. The summed E-state index contributed by atoms with van der Waals surface area (Å²) in [6, 6.07) is 1.94. The lowest BCUT2D eigenvalue weighted by Gasteiger charge is -2.13. The summed E-state index contributed by atoms with van der Waals surface area (Å²) in [4.78, 5) is 25.1. The van der Waals surface area contributed by atoms with Gasteiger partial charge in [0, 0.05) is 32.4 Å². The number of hydrogen-bond acceptors (Lipinski definition) is 6. The molecular formula is C20H20N4O2S. The second kappa shape index (κ2) is 7.00. The Hall–Kier alpha value is -2.93. The summed E-state index contributed by atoms with van der Waals surface area (Å²) in [5, 5.41) is 0.931. The minimum atomic E-state index is -0.0689. The van der Waals surface area contributed by atoms with Crippen LogP contribution >= 0.6 is 11.3 Å². The van der Waals surface area contributed by atoms with Gasteiger partial charge in [0.05, 0.1) is 23.2 Å². The molecule has 0 amide bonds. The zero-order valence-electron chi connectivity index (χ0n) is 15.5. The van der Waals surface area contributed by atoms with Crippen LogP contribution in [0, 0.1) is 0 Å². The van der Waals surface area contributed by atoms with E-state index in [9.17, 15) is 4.79 Å². The molecule has 3 heterocycles. The first-order chi connectivity index (χ1) is 13.1. The molecular weight excluding hydrogens is 360 g/mol. The molecule has 0 unspecified atom stereocenters. The van der Waals surface area contributed by atoms with Crippen LogP contribution in [0.3, 0.4) is 0 Å². The Morgan fingerprint density at radius 2 is 2.15 bits per heavy atom. The number of anilines is 1. The molecule has 6 nitrogen and oxygen atoms in total. The van der Waals surface area contributed by atoms with Crippen LogP contribution in [0.25, 0.3) is 26.1 Å². The lowest BCUT2D eigenvalue weighted by atomic mass is 10.2. The van der Waals surface area contributed by atoms with Gasteiger partial charge < -0.3 is 9.64 Å². The van der Waals surface area contributed by atoms with Crippen molar-refractivity contribution in [2.45, 2.75) is 13.3 Å². The summed E-state index contributed by atoms with van der Waals surface area (Å²) < 4.78 is 7.78. The van der Waals surface area contributed by atoms with Gasteiger partial charge in [-0.3, -0.25) is 9.36 Å². The monoisotopic (exact) mass is 380 g/mol. The van der Waals surface area contributed by atoms with Crippen molar-refractivity contribution in [2.24, 2.45) is 0 Å². The third-order valence-electron chi connectivity index (χ3n) is 4.41. The van der Waals surface area contributed by atoms with Crippen molar-refractivity contribution in [1.29, 1.82) is 0 Å². The Bertz CT molecular complexity index is 1170. The first-order valence-electron chi connectivity index (χ1n) is 8.77. The molecule has 1 aliphatic rings. The fourth-order valence-electron chi connectivity index (χ4n) is 3.15. The van der Waals surface area contributed by atoms with Crippen molar-refractivity contribution >= 4 is 43.2 Å². The number of fused-ring (bicyclic) bond motifs is 3. The van der Waals surface area contributed by atoms with Crippen LogP contribution in [0.4, 0.5) is 5.69 Å². The van der Waals surface area contributed by atoms with E-state index in [1.807, 2.05) is 56.3 Å². The highest BCUT2D eigenvalue weighted by Gasteiger charge is 2.17. The number of nitrogens with zero attached hydrogens (tertiary/aromatic N) is 4. The predicted molar refractivity (Wildman–Crippen MR) is 111 cm³/mol. The lowest BCUT2D eigenvalue weighted by molar-refractivity contribution is 0.242. The third kappa shape index (κ3) is 3.04. The molecule has 0 saturated heterocycles. The van der Waals surface area contributed by atoms with Crippen molar-refractivity contribution in [3.63, 3.8) is 0 Å². The molecule has 7 heteroatoms. The fraction of sp³-hybridized carbons (Fsp3) is 0.250. The van der Waals surface area contributed by atoms with Crippen LogP contribution < -0.4 is 10.5 Å². The normalized spacial score (nSPS) is 14.2. The van der Waals surface area contributed by atoms with Crippen LogP contribution in [-0.2, 0) is 4.74 Å². The van der Waals surface area contributed by atoms with E-state index in [1.54, 1.807) is 17.1 Å². The molecule has 0 aliphatic heterocycles. The summed E-state index contributed by atoms with van der Waals surface area (Å²) in [6.45, 7) is 2.56. The Balaban J connectivity index is 1.89. The van der Waals surface area contributed by atoms with E-state index in [0.29, 0.717) is 23.2 Å². The number of allylic oxidation sites excluding steroid dienone is 5. The fourth-order valence-corrected chi connectivity index (χ4v) is 4.20. The van der Waals surface area contributed by atoms with Crippen molar-refractivity contribution in [3.05, 3.63) is 59.0 Å². The predicted octanol–water partition coefficient (Wildman–Crippen LogP) is 3.79. The summed E-state index contributed by atoms with van der Waals surface area (Å²) in [5.41, 5.74) is 2.51. The molecule has 0 radical (unpaired) electrons. The standard InChI is InChI=1S/C20H20N4O2S/c1-4-26-14-7-5-6-13(8-9-14)24-12-22-17-16-15(23(2)3)10-11-21-19(16)27-18(17)20(24)25/h5,7-12H,4,6H2,1-3H3. The summed E-state index contributed by atoms with van der Waals surface area (Å²) in [5.74, 6) is 0.788. The van der Waals surface area contributed by atoms with E-state index >= 15 is 0 Å². The topological polar surface area (TPSA) is 60.2 Å². The van der Waals surface area contributed by atoms with Gasteiger partial charge in [-0.15, -0.1) is 11.3 Å². The average molecular weight is 380 g/mol. The molecule has 0 N–H and O–H groups in total. The largest absolute Gasteiger partial charge is 0.494 e. The highest BCUT2D eigenvalue weighted by Crippen LogP contribution is 2.35. The maximum absolute atomic E-state index is 13.2. The molecule has 3 aromatic heterocycles. The van der Waals surface area contributed by atoms with E-state index in [-0.39, 0.29) is 5.56 Å². The van der Waals surface area contributed by atoms with Crippen molar-refractivity contribution < 1.29 is 4.74 Å². The summed E-state index contributed by atoms with van der Waals surface area (Å²) >= 11 is 1.39. The van der Waals surface area contributed by atoms with E-state index in [2.05, 4.69) is 9.97 Å². The molecule has 0 bridgehead atoms. The second-order valence-corrected chi connectivity index (χ2v) is 7.37. The second-order valence-electron chi connectivity index (χ2n) is 6.37. The van der Waals surface area contributed by atoms with E-state index < -0.39 is 0 Å². The molecule has 138 valence electrons. The van der Waals surface area contributed by atoms with Gasteiger partial charge in [-0.25, -0.2) is 9.97 Å². The number of aromatic nitrogens is 3. The van der Waals surface area contributed by atoms with Gasteiger partial charge in [0.1, 0.15) is 21.6 Å². The highest BCUT2D eigenvalue weighted by atomic mass is 32.1. The van der Waals surface area contributed by atoms with Crippen LogP contribution in [0.5, 0.6) is 0 Å². The first kappa shape index (κ1) is 17.5. The van der Waals surface area contributed by atoms with E-state index in [4.69, 9.17) is 4.74 Å². The van der Waals surface area contributed by atoms with Crippen LogP contribution in [-0.4, -0.2) is 35.2 Å². The van der Waals surface area contributed by atoms with Crippen molar-refractivity contribution in [3.8, 4) is 0 Å². The van der Waals surface area contributed by atoms with Crippen molar-refractivity contribution in [1.82, 2.24) is 14.5 Å². The third-order valence-corrected chi connectivity index (χ3v) is 5.49. The minimum Gasteiger partial charge on any atom is -0.494 e. The van der Waals surface area contributed by atoms with Crippen molar-refractivity contribution in [2.75, 3.05) is 25.6 Å². The number of ether oxygens (including phenoxy) is 1. The van der Waals surface area contributed by atoms with Gasteiger partial charge >= 0.3 is 0 Å². The Morgan fingerprint density at radius 1 is 1.30 bits per heavy atom. The van der Waals surface area contributed by atoms with E-state index in [0.717, 1.165) is 27.4 Å². The zero-order valence-corrected chi connectivity index (χ0v) is 16.3. The summed E-state index contributed by atoms with van der Waals surface area (Å²) in [6.07, 6.45) is 11.7. The van der Waals surface area contributed by atoms with Crippen LogP contribution in [0.15, 0.2) is 53.4 Å². The Morgan fingerprint density at radius 3 is 2.93 bits per heavy atom. The molecule has 0 spiro atoms. The number of rotatable bonds is 4. The minimum absolute atomic E-state index is 0.0689. The molecule has 3 aromatic rings. The van der Waals surface area contributed by atoms with E-state index in [1.165, 1.54) is 11.3 Å². The lowest BCUT2D eigenvalue weighted by Crippen LogP contribution is -2.18. The summed E-state index contributed by atoms with van der Waals surface area (Å²) in [7, 11) is 3.95. The Kier molecular flexibility index (Phi) is 4.53. The molecule has 27 heavy (non-hydrogen) atoms. The zero-order chi connectivity index (χ0) is 19.0. The number of thiophene rings is 1. The molecule has 0 saturated carbocycles. The Labute approximate surface area is 160 Å². The van der Waals surface area contributed by atoms with Crippen LogP contribution in [0.1, 0.15) is 13.3 Å². The van der Waals surface area contributed by atoms with Gasteiger partial charge in [0.25, 0.3) is 5.56 Å². The SMILES string of the molecule is CCOC1=CC=C(n2cnc3c(sc4nccc(N(C)C)c43)c2=O)CC=C1. The van der Waals surface area contributed by atoms with Crippen LogP contribution in [0.2, 0.25) is 0 Å². The molecule has 0 aromatic carbocycles. The highest BCUT2D eigenvalue weighted by molar-refractivity contribution is 7.25. The molecule has 0 atom stereocenters. The maximum Gasteiger partial charge on any atom is 0.275 e. The molecule has 4 rings (SSSR count).